The largest absolute Gasteiger partial charge is 0.388 e. The zero-order valence-electron chi connectivity index (χ0n) is 13.3. The summed E-state index contributed by atoms with van der Waals surface area (Å²) in [7, 11) is 0. The van der Waals surface area contributed by atoms with Crippen LogP contribution in [0.2, 0.25) is 0 Å². The summed E-state index contributed by atoms with van der Waals surface area (Å²) >= 11 is 0. The molecule has 1 aromatic carbocycles. The molecule has 2 heteroatoms. The first-order valence-electron chi connectivity index (χ1n) is 8.35. The summed E-state index contributed by atoms with van der Waals surface area (Å²) in [4.78, 5) is 4.40. The summed E-state index contributed by atoms with van der Waals surface area (Å²) in [6, 6.07) is 10.1. The lowest BCUT2D eigenvalue weighted by molar-refractivity contribution is 0.0630. The van der Waals surface area contributed by atoms with E-state index in [4.69, 9.17) is 0 Å². The molecule has 1 saturated carbocycles. The van der Waals surface area contributed by atoms with Crippen molar-refractivity contribution >= 4 is 10.9 Å². The van der Waals surface area contributed by atoms with Crippen LogP contribution in [0.3, 0.4) is 0 Å². The fourth-order valence-corrected chi connectivity index (χ4v) is 3.85. The molecule has 116 valence electrons. The molecule has 1 fully saturated rings. The van der Waals surface area contributed by atoms with Crippen LogP contribution in [-0.2, 0) is 0 Å². The van der Waals surface area contributed by atoms with Crippen LogP contribution >= 0.6 is 0 Å². The standard InChI is InChI=1S/C20H25NO/c1-3-14(2)15-7-6-8-16(13-15)20(22)18-11-12-21-19-10-5-4-9-17(18)19/h3-5,9-12,14-16,20,22H,1,6-8,13H2,2H3/t14?,15?,16?,20-/m1/s1. The lowest BCUT2D eigenvalue weighted by atomic mass is 9.72. The van der Waals surface area contributed by atoms with Crippen LogP contribution in [0, 0.1) is 17.8 Å². The Kier molecular flexibility index (Phi) is 4.58. The number of rotatable bonds is 4. The molecule has 0 aliphatic heterocycles. The summed E-state index contributed by atoms with van der Waals surface area (Å²) in [5.41, 5.74) is 1.99. The molecule has 1 N–H and O–H groups in total. The SMILES string of the molecule is C=CC(C)C1CCCC([C@@H](O)c2ccnc3ccccc23)C1. The van der Waals surface area contributed by atoms with Crippen molar-refractivity contribution in [2.24, 2.45) is 17.8 Å². The molecule has 2 aromatic rings. The summed E-state index contributed by atoms with van der Waals surface area (Å²) in [6.07, 6.45) is 8.13. The maximum Gasteiger partial charge on any atom is 0.0825 e. The van der Waals surface area contributed by atoms with Gasteiger partial charge in [-0.15, -0.1) is 6.58 Å². The van der Waals surface area contributed by atoms with E-state index >= 15 is 0 Å². The van der Waals surface area contributed by atoms with E-state index in [1.54, 1.807) is 0 Å². The number of aliphatic hydroxyl groups is 1. The van der Waals surface area contributed by atoms with E-state index in [1.165, 1.54) is 12.8 Å². The predicted molar refractivity (Wildman–Crippen MR) is 91.5 cm³/mol. The third-order valence-corrected chi connectivity index (χ3v) is 5.32. The van der Waals surface area contributed by atoms with Crippen molar-refractivity contribution in [2.75, 3.05) is 0 Å². The van der Waals surface area contributed by atoms with Crippen molar-refractivity contribution in [3.05, 3.63) is 54.7 Å². The highest BCUT2D eigenvalue weighted by molar-refractivity contribution is 5.82. The van der Waals surface area contributed by atoms with Crippen molar-refractivity contribution < 1.29 is 5.11 Å². The van der Waals surface area contributed by atoms with E-state index < -0.39 is 6.10 Å². The Hall–Kier alpha value is -1.67. The first-order chi connectivity index (χ1) is 10.7. The molecular formula is C20H25NO. The van der Waals surface area contributed by atoms with E-state index in [0.29, 0.717) is 17.8 Å². The highest BCUT2D eigenvalue weighted by atomic mass is 16.3. The Bertz CT molecular complexity index is 646. The molecular weight excluding hydrogens is 270 g/mol. The Morgan fingerprint density at radius 1 is 1.23 bits per heavy atom. The lowest BCUT2D eigenvalue weighted by Gasteiger charge is -2.34. The highest BCUT2D eigenvalue weighted by Gasteiger charge is 2.30. The maximum atomic E-state index is 11.0. The van der Waals surface area contributed by atoms with Gasteiger partial charge in [-0.3, -0.25) is 4.98 Å². The van der Waals surface area contributed by atoms with Crippen LogP contribution in [0.4, 0.5) is 0 Å². The average Bonchev–Trinajstić information content (AvgIpc) is 2.60. The minimum atomic E-state index is -0.396. The van der Waals surface area contributed by atoms with Gasteiger partial charge < -0.3 is 5.11 Å². The van der Waals surface area contributed by atoms with Gasteiger partial charge in [0.25, 0.3) is 0 Å². The van der Waals surface area contributed by atoms with Gasteiger partial charge in [-0.25, -0.2) is 0 Å². The molecule has 1 aliphatic rings. The first-order valence-corrected chi connectivity index (χ1v) is 8.35. The van der Waals surface area contributed by atoms with Crippen molar-refractivity contribution in [2.45, 2.75) is 38.7 Å². The van der Waals surface area contributed by atoms with Crippen LogP contribution < -0.4 is 0 Å². The number of hydrogen-bond donors (Lipinski definition) is 1. The Morgan fingerprint density at radius 2 is 2.00 bits per heavy atom. The van der Waals surface area contributed by atoms with Gasteiger partial charge in [0, 0.05) is 11.6 Å². The van der Waals surface area contributed by atoms with Gasteiger partial charge in [-0.2, -0.15) is 0 Å². The van der Waals surface area contributed by atoms with Crippen LogP contribution in [-0.4, -0.2) is 10.1 Å². The van der Waals surface area contributed by atoms with Crippen molar-refractivity contribution in [3.8, 4) is 0 Å². The molecule has 1 aromatic heterocycles. The summed E-state index contributed by atoms with van der Waals surface area (Å²) in [5, 5.41) is 12.0. The molecule has 1 heterocycles. The Morgan fingerprint density at radius 3 is 2.82 bits per heavy atom. The van der Waals surface area contributed by atoms with E-state index in [0.717, 1.165) is 29.3 Å². The fourth-order valence-electron chi connectivity index (χ4n) is 3.85. The van der Waals surface area contributed by atoms with Gasteiger partial charge in [0.15, 0.2) is 0 Å². The van der Waals surface area contributed by atoms with E-state index in [1.807, 2.05) is 30.5 Å². The van der Waals surface area contributed by atoms with Crippen molar-refractivity contribution in [3.63, 3.8) is 0 Å². The van der Waals surface area contributed by atoms with Crippen LogP contribution in [0.15, 0.2) is 49.2 Å². The van der Waals surface area contributed by atoms with Crippen LogP contribution in [0.25, 0.3) is 10.9 Å². The molecule has 0 saturated heterocycles. The van der Waals surface area contributed by atoms with E-state index in [9.17, 15) is 5.11 Å². The average molecular weight is 295 g/mol. The van der Waals surface area contributed by atoms with Gasteiger partial charge in [0.05, 0.1) is 11.6 Å². The topological polar surface area (TPSA) is 33.1 Å². The van der Waals surface area contributed by atoms with E-state index in [-0.39, 0.29) is 0 Å². The van der Waals surface area contributed by atoms with Crippen molar-refractivity contribution in [1.82, 2.24) is 4.98 Å². The molecule has 0 amide bonds. The van der Waals surface area contributed by atoms with Gasteiger partial charge in [-0.05, 0) is 54.7 Å². The number of benzene rings is 1. The number of pyridine rings is 1. The first kappa shape index (κ1) is 15.2. The fraction of sp³-hybridized carbons (Fsp3) is 0.450. The van der Waals surface area contributed by atoms with Gasteiger partial charge >= 0.3 is 0 Å². The second-order valence-corrected chi connectivity index (χ2v) is 6.64. The minimum absolute atomic E-state index is 0.340. The maximum absolute atomic E-state index is 11.0. The number of aromatic nitrogens is 1. The molecule has 22 heavy (non-hydrogen) atoms. The highest BCUT2D eigenvalue weighted by Crippen LogP contribution is 2.41. The Labute approximate surface area is 132 Å². The van der Waals surface area contributed by atoms with Crippen molar-refractivity contribution in [1.29, 1.82) is 0 Å². The quantitative estimate of drug-likeness (QED) is 0.814. The number of para-hydroxylation sites is 1. The number of fused-ring (bicyclic) bond motifs is 1. The summed E-state index contributed by atoms with van der Waals surface area (Å²) in [6.45, 7) is 6.18. The molecule has 2 nitrogen and oxygen atoms in total. The number of allylic oxidation sites excluding steroid dienone is 1. The molecule has 4 atom stereocenters. The van der Waals surface area contributed by atoms with Gasteiger partial charge in [0.1, 0.15) is 0 Å². The Balaban J connectivity index is 1.86. The van der Waals surface area contributed by atoms with Gasteiger partial charge in [0.2, 0.25) is 0 Å². The molecule has 0 bridgehead atoms. The summed E-state index contributed by atoms with van der Waals surface area (Å²) < 4.78 is 0. The number of nitrogens with zero attached hydrogens (tertiary/aromatic N) is 1. The third kappa shape index (κ3) is 2.93. The minimum Gasteiger partial charge on any atom is -0.388 e. The van der Waals surface area contributed by atoms with Crippen LogP contribution in [0.5, 0.6) is 0 Å². The molecule has 1 aliphatic carbocycles. The predicted octanol–water partition coefficient (Wildman–Crippen LogP) is 4.90. The monoisotopic (exact) mass is 295 g/mol. The molecule has 0 radical (unpaired) electrons. The molecule has 3 rings (SSSR count). The van der Waals surface area contributed by atoms with E-state index in [2.05, 4.69) is 30.6 Å². The van der Waals surface area contributed by atoms with Crippen LogP contribution in [0.1, 0.15) is 44.3 Å². The normalized spacial score (nSPS) is 24.8. The number of aliphatic hydroxyl groups excluding tert-OH is 1. The zero-order valence-corrected chi connectivity index (χ0v) is 13.3. The summed E-state index contributed by atoms with van der Waals surface area (Å²) in [5.74, 6) is 1.52. The molecule has 3 unspecified atom stereocenters. The third-order valence-electron chi connectivity index (χ3n) is 5.32. The molecule has 0 spiro atoms. The lowest BCUT2D eigenvalue weighted by Crippen LogP contribution is -2.24. The zero-order chi connectivity index (χ0) is 15.5. The van der Waals surface area contributed by atoms with Gasteiger partial charge in [-0.1, -0.05) is 37.6 Å². The second kappa shape index (κ2) is 6.62. The smallest absolute Gasteiger partial charge is 0.0825 e. The second-order valence-electron chi connectivity index (χ2n) is 6.64. The number of hydrogen-bond acceptors (Lipinski definition) is 2.